The molecule has 3 nitrogen and oxygen atoms in total. The molecule has 1 amide bonds. The first-order valence-corrected chi connectivity index (χ1v) is 4.15. The van der Waals surface area contributed by atoms with Crippen molar-refractivity contribution in [1.82, 2.24) is 10.2 Å². The van der Waals surface area contributed by atoms with Crippen LogP contribution in [0.5, 0.6) is 0 Å². The lowest BCUT2D eigenvalue weighted by Crippen LogP contribution is -2.31. The van der Waals surface area contributed by atoms with Gasteiger partial charge in [0, 0.05) is 19.5 Å². The molecule has 64 valence electrons. The fourth-order valence-corrected chi connectivity index (χ4v) is 1.55. The molecule has 0 saturated carbocycles. The third-order valence-electron chi connectivity index (χ3n) is 2.37. The minimum atomic E-state index is 0.156. The van der Waals surface area contributed by atoms with Crippen molar-refractivity contribution in [2.45, 2.75) is 25.3 Å². The summed E-state index contributed by atoms with van der Waals surface area (Å²) in [6, 6.07) is 0.481. The summed E-state index contributed by atoms with van der Waals surface area (Å²) >= 11 is 0. The highest BCUT2D eigenvalue weighted by Crippen LogP contribution is 2.17. The number of carbonyl (C=O) groups is 1. The summed E-state index contributed by atoms with van der Waals surface area (Å²) < 4.78 is 0. The van der Waals surface area contributed by atoms with Gasteiger partial charge in [-0.05, 0) is 26.4 Å². The van der Waals surface area contributed by atoms with Crippen LogP contribution in [0.3, 0.4) is 0 Å². The average Bonchev–Trinajstić information content (AvgIpc) is 2.37. The summed E-state index contributed by atoms with van der Waals surface area (Å²) in [4.78, 5) is 13.2. The number of carbonyl (C=O) groups excluding carboxylic acids is 1. The molecule has 0 aromatic rings. The average molecular weight is 156 g/mol. The smallest absolute Gasteiger partial charge is 0.221 e. The molecule has 1 heterocycles. The molecule has 0 aliphatic carbocycles. The SMILES string of the molecule is CNC(=O)CC1CCCN1C. The number of amides is 1. The maximum atomic E-state index is 11.0. The Morgan fingerprint density at radius 2 is 2.45 bits per heavy atom. The fraction of sp³-hybridized carbons (Fsp3) is 0.875. The van der Waals surface area contributed by atoms with Gasteiger partial charge in [-0.3, -0.25) is 4.79 Å². The summed E-state index contributed by atoms with van der Waals surface area (Å²) in [7, 11) is 3.78. The van der Waals surface area contributed by atoms with Crippen LogP contribution in [0.1, 0.15) is 19.3 Å². The normalized spacial score (nSPS) is 25.5. The highest BCUT2D eigenvalue weighted by molar-refractivity contribution is 5.76. The van der Waals surface area contributed by atoms with Gasteiger partial charge in [0.25, 0.3) is 0 Å². The lowest BCUT2D eigenvalue weighted by Gasteiger charge is -2.17. The first-order valence-electron chi connectivity index (χ1n) is 4.15. The zero-order chi connectivity index (χ0) is 8.27. The summed E-state index contributed by atoms with van der Waals surface area (Å²) in [5.74, 6) is 0.156. The van der Waals surface area contributed by atoms with E-state index in [2.05, 4.69) is 17.3 Å². The van der Waals surface area contributed by atoms with Gasteiger partial charge in [-0.15, -0.1) is 0 Å². The quantitative estimate of drug-likeness (QED) is 0.620. The Labute approximate surface area is 67.8 Å². The van der Waals surface area contributed by atoms with Crippen molar-refractivity contribution in [3.05, 3.63) is 0 Å². The third-order valence-corrected chi connectivity index (χ3v) is 2.37. The monoisotopic (exact) mass is 156 g/mol. The van der Waals surface area contributed by atoms with Gasteiger partial charge in [-0.1, -0.05) is 0 Å². The second-order valence-corrected chi connectivity index (χ2v) is 3.15. The van der Waals surface area contributed by atoms with Crippen molar-refractivity contribution in [2.24, 2.45) is 0 Å². The van der Waals surface area contributed by atoms with Crippen molar-refractivity contribution in [2.75, 3.05) is 20.6 Å². The van der Waals surface area contributed by atoms with Gasteiger partial charge >= 0.3 is 0 Å². The van der Waals surface area contributed by atoms with E-state index in [9.17, 15) is 4.79 Å². The Hall–Kier alpha value is -0.570. The van der Waals surface area contributed by atoms with E-state index in [4.69, 9.17) is 0 Å². The lowest BCUT2D eigenvalue weighted by molar-refractivity contribution is -0.121. The van der Waals surface area contributed by atoms with E-state index in [-0.39, 0.29) is 5.91 Å². The highest BCUT2D eigenvalue weighted by atomic mass is 16.1. The predicted molar refractivity (Wildman–Crippen MR) is 44.3 cm³/mol. The van der Waals surface area contributed by atoms with Crippen molar-refractivity contribution in [3.8, 4) is 0 Å². The lowest BCUT2D eigenvalue weighted by atomic mass is 10.1. The Morgan fingerprint density at radius 3 is 2.91 bits per heavy atom. The molecule has 0 radical (unpaired) electrons. The molecule has 1 rings (SSSR count). The molecule has 1 atom stereocenters. The van der Waals surface area contributed by atoms with Crippen LogP contribution >= 0.6 is 0 Å². The van der Waals surface area contributed by atoms with Crippen LogP contribution in [-0.4, -0.2) is 37.5 Å². The molecule has 1 N–H and O–H groups in total. The molecule has 1 aliphatic rings. The van der Waals surface area contributed by atoms with Crippen LogP contribution in [0, 0.1) is 0 Å². The number of nitrogens with zero attached hydrogens (tertiary/aromatic N) is 1. The van der Waals surface area contributed by atoms with E-state index in [1.807, 2.05) is 0 Å². The maximum Gasteiger partial charge on any atom is 0.221 e. The van der Waals surface area contributed by atoms with Gasteiger partial charge < -0.3 is 10.2 Å². The van der Waals surface area contributed by atoms with E-state index in [1.54, 1.807) is 7.05 Å². The largest absolute Gasteiger partial charge is 0.359 e. The Balaban J connectivity index is 2.30. The van der Waals surface area contributed by atoms with Gasteiger partial charge in [0.2, 0.25) is 5.91 Å². The molecular weight excluding hydrogens is 140 g/mol. The van der Waals surface area contributed by atoms with Gasteiger partial charge in [0.1, 0.15) is 0 Å². The second-order valence-electron chi connectivity index (χ2n) is 3.15. The van der Waals surface area contributed by atoms with Crippen molar-refractivity contribution in [3.63, 3.8) is 0 Å². The Kier molecular flexibility index (Phi) is 2.88. The second kappa shape index (κ2) is 3.72. The Morgan fingerprint density at radius 1 is 1.73 bits per heavy atom. The van der Waals surface area contributed by atoms with Gasteiger partial charge in [-0.2, -0.15) is 0 Å². The van der Waals surface area contributed by atoms with Crippen LogP contribution in [-0.2, 0) is 4.79 Å². The summed E-state index contributed by atoms with van der Waals surface area (Å²) in [6.45, 7) is 1.14. The van der Waals surface area contributed by atoms with Crippen LogP contribution in [0.15, 0.2) is 0 Å². The van der Waals surface area contributed by atoms with Crippen LogP contribution in [0.25, 0.3) is 0 Å². The third kappa shape index (κ3) is 2.19. The molecule has 1 saturated heterocycles. The van der Waals surface area contributed by atoms with Gasteiger partial charge in [0.05, 0.1) is 0 Å². The molecule has 0 bridgehead atoms. The van der Waals surface area contributed by atoms with E-state index in [0.717, 1.165) is 6.54 Å². The van der Waals surface area contributed by atoms with Crippen LogP contribution < -0.4 is 5.32 Å². The van der Waals surface area contributed by atoms with E-state index >= 15 is 0 Å². The van der Waals surface area contributed by atoms with E-state index < -0.39 is 0 Å². The molecule has 1 unspecified atom stereocenters. The number of hydrogen-bond acceptors (Lipinski definition) is 2. The topological polar surface area (TPSA) is 32.3 Å². The maximum absolute atomic E-state index is 11.0. The molecule has 1 fully saturated rings. The number of rotatable bonds is 2. The van der Waals surface area contributed by atoms with Crippen LogP contribution in [0.2, 0.25) is 0 Å². The highest BCUT2D eigenvalue weighted by Gasteiger charge is 2.22. The van der Waals surface area contributed by atoms with E-state index in [0.29, 0.717) is 12.5 Å². The summed E-state index contributed by atoms with van der Waals surface area (Å²) in [6.07, 6.45) is 3.06. The fourth-order valence-electron chi connectivity index (χ4n) is 1.55. The molecule has 11 heavy (non-hydrogen) atoms. The summed E-state index contributed by atoms with van der Waals surface area (Å²) in [5, 5.41) is 2.65. The van der Waals surface area contributed by atoms with Gasteiger partial charge in [0.15, 0.2) is 0 Å². The van der Waals surface area contributed by atoms with Crippen molar-refractivity contribution < 1.29 is 4.79 Å². The standard InChI is InChI=1S/C8H16N2O/c1-9-8(11)6-7-4-3-5-10(7)2/h7H,3-6H2,1-2H3,(H,9,11). The molecule has 0 spiro atoms. The summed E-state index contributed by atoms with van der Waals surface area (Å²) in [5.41, 5.74) is 0. The Bertz CT molecular complexity index is 147. The number of likely N-dealkylation sites (tertiary alicyclic amines) is 1. The molecule has 0 aromatic carbocycles. The molecule has 3 heteroatoms. The zero-order valence-corrected chi connectivity index (χ0v) is 7.26. The molecule has 0 aromatic heterocycles. The van der Waals surface area contributed by atoms with E-state index in [1.165, 1.54) is 12.8 Å². The van der Waals surface area contributed by atoms with Crippen LogP contribution in [0.4, 0.5) is 0 Å². The minimum Gasteiger partial charge on any atom is -0.359 e. The first-order chi connectivity index (χ1) is 5.24. The first kappa shape index (κ1) is 8.53. The van der Waals surface area contributed by atoms with Crippen molar-refractivity contribution >= 4 is 5.91 Å². The zero-order valence-electron chi connectivity index (χ0n) is 7.26. The predicted octanol–water partition coefficient (Wildman–Crippen LogP) is 0.217. The van der Waals surface area contributed by atoms with Gasteiger partial charge in [-0.25, -0.2) is 0 Å². The number of hydrogen-bond donors (Lipinski definition) is 1. The molecular formula is C8H16N2O. The molecule has 1 aliphatic heterocycles. The minimum absolute atomic E-state index is 0.156. The van der Waals surface area contributed by atoms with Crippen molar-refractivity contribution in [1.29, 1.82) is 0 Å². The number of nitrogens with one attached hydrogen (secondary N) is 1.